The highest BCUT2D eigenvalue weighted by atomic mass is 32.1. The summed E-state index contributed by atoms with van der Waals surface area (Å²) in [5.74, 6) is 2.16. The average molecular weight is 407 g/mol. The van der Waals surface area contributed by atoms with Crippen LogP contribution in [-0.4, -0.2) is 58.9 Å². The number of hydrogen-bond donors (Lipinski definition) is 0. The molecule has 29 heavy (non-hydrogen) atoms. The van der Waals surface area contributed by atoms with Crippen LogP contribution in [0.4, 0.5) is 0 Å². The maximum atomic E-state index is 13.2. The largest absolute Gasteiger partial charge is 0.454 e. The molecule has 7 heteroatoms. The summed E-state index contributed by atoms with van der Waals surface area (Å²) < 4.78 is 11.1. The summed E-state index contributed by atoms with van der Waals surface area (Å²) in [6.45, 7) is 0.536. The molecular formula is C22H21N3O3S. The van der Waals surface area contributed by atoms with E-state index in [4.69, 9.17) is 26.7 Å². The van der Waals surface area contributed by atoms with E-state index >= 15 is 0 Å². The number of piperazine rings is 1. The molecule has 2 fully saturated rings. The predicted molar refractivity (Wildman–Crippen MR) is 112 cm³/mol. The van der Waals surface area contributed by atoms with Gasteiger partial charge in [0.15, 0.2) is 11.5 Å². The van der Waals surface area contributed by atoms with Crippen molar-refractivity contribution in [3.63, 3.8) is 0 Å². The Morgan fingerprint density at radius 3 is 2.90 bits per heavy atom. The summed E-state index contributed by atoms with van der Waals surface area (Å²) in [5.41, 5.74) is 2.10. The van der Waals surface area contributed by atoms with E-state index in [0.717, 1.165) is 34.2 Å². The van der Waals surface area contributed by atoms with Gasteiger partial charge in [0, 0.05) is 24.6 Å². The number of likely N-dealkylation sites (N-methyl/N-ethyl adjacent to an activating group) is 1. The highest BCUT2D eigenvalue weighted by Gasteiger charge is 2.53. The number of thiocarbonyl (C=S) groups is 1. The number of piperidine rings is 1. The lowest BCUT2D eigenvalue weighted by Crippen LogP contribution is -2.63. The third kappa shape index (κ3) is 2.43. The van der Waals surface area contributed by atoms with Gasteiger partial charge in [-0.3, -0.25) is 9.79 Å². The quantitative estimate of drug-likeness (QED) is 0.670. The third-order valence-electron chi connectivity index (χ3n) is 6.70. The molecule has 6 nitrogen and oxygen atoms in total. The number of amides is 1. The first kappa shape index (κ1) is 17.2. The number of benzene rings is 1. The lowest BCUT2D eigenvalue weighted by Gasteiger charge is -2.50. The Bertz CT molecular complexity index is 1020. The average Bonchev–Trinajstić information content (AvgIpc) is 3.34. The van der Waals surface area contributed by atoms with E-state index in [0.29, 0.717) is 12.5 Å². The van der Waals surface area contributed by atoms with Gasteiger partial charge in [-0.05, 0) is 24.1 Å². The molecule has 0 radical (unpaired) electrons. The van der Waals surface area contributed by atoms with Crippen molar-refractivity contribution in [2.75, 3.05) is 20.4 Å². The summed E-state index contributed by atoms with van der Waals surface area (Å²) in [4.78, 5) is 23.0. The van der Waals surface area contributed by atoms with E-state index < -0.39 is 0 Å². The summed E-state index contributed by atoms with van der Waals surface area (Å²) in [7, 11) is 1.91. The first-order chi connectivity index (χ1) is 14.1. The van der Waals surface area contributed by atoms with Crippen molar-refractivity contribution in [3.8, 4) is 11.5 Å². The summed E-state index contributed by atoms with van der Waals surface area (Å²) in [6.07, 6.45) is 9.43. The van der Waals surface area contributed by atoms with Gasteiger partial charge < -0.3 is 19.3 Å². The van der Waals surface area contributed by atoms with Crippen LogP contribution in [0.3, 0.4) is 0 Å². The molecule has 4 heterocycles. The van der Waals surface area contributed by atoms with Crippen LogP contribution in [0, 0.1) is 11.8 Å². The Hall–Kier alpha value is -2.67. The second-order valence-electron chi connectivity index (χ2n) is 8.26. The van der Waals surface area contributed by atoms with E-state index in [-0.39, 0.29) is 36.7 Å². The molecule has 3 unspecified atom stereocenters. The molecule has 1 aromatic rings. The molecule has 6 rings (SSSR count). The number of allylic oxidation sites excluding steroid dienone is 2. The van der Waals surface area contributed by atoms with Crippen LogP contribution in [0.1, 0.15) is 18.0 Å². The summed E-state index contributed by atoms with van der Waals surface area (Å²) in [6, 6.07) is 5.78. The lowest BCUT2D eigenvalue weighted by molar-refractivity contribution is -0.136. The van der Waals surface area contributed by atoms with Crippen molar-refractivity contribution in [2.24, 2.45) is 16.8 Å². The lowest BCUT2D eigenvalue weighted by atomic mass is 9.73. The van der Waals surface area contributed by atoms with E-state index in [1.165, 1.54) is 0 Å². The molecule has 0 bridgehead atoms. The topological polar surface area (TPSA) is 54.4 Å². The van der Waals surface area contributed by atoms with Crippen LogP contribution >= 0.6 is 12.2 Å². The van der Waals surface area contributed by atoms with Crippen LogP contribution < -0.4 is 9.47 Å². The van der Waals surface area contributed by atoms with E-state index in [1.807, 2.05) is 35.0 Å². The van der Waals surface area contributed by atoms with E-state index in [2.05, 4.69) is 24.3 Å². The Balaban J connectivity index is 1.50. The Kier molecular flexibility index (Phi) is 3.66. The predicted octanol–water partition coefficient (Wildman–Crippen LogP) is 2.51. The number of hydrogen-bond acceptors (Lipinski definition) is 5. The SMILES string of the molecule is CN1CC(=O)N2[C@H](CC3C(=NC4C=CC=CC43)[C@H]2c2ccc3c(c2)OCO3)C1=S. The molecule has 1 amide bonds. The number of nitrogens with zero attached hydrogens (tertiary/aromatic N) is 3. The van der Waals surface area contributed by atoms with Gasteiger partial charge in [-0.25, -0.2) is 0 Å². The first-order valence-corrected chi connectivity index (χ1v) is 10.4. The molecule has 0 aromatic heterocycles. The van der Waals surface area contributed by atoms with Gasteiger partial charge >= 0.3 is 0 Å². The molecule has 2 saturated heterocycles. The molecular weight excluding hydrogens is 386 g/mol. The van der Waals surface area contributed by atoms with Gasteiger partial charge in [-0.15, -0.1) is 0 Å². The molecule has 5 atom stereocenters. The maximum Gasteiger partial charge on any atom is 0.243 e. The van der Waals surface area contributed by atoms with Crippen LogP contribution in [-0.2, 0) is 4.79 Å². The fourth-order valence-corrected chi connectivity index (χ4v) is 5.65. The van der Waals surface area contributed by atoms with Crippen LogP contribution in [0.15, 0.2) is 47.5 Å². The second-order valence-corrected chi connectivity index (χ2v) is 8.68. The van der Waals surface area contributed by atoms with Crippen molar-refractivity contribution >= 4 is 28.8 Å². The zero-order chi connectivity index (χ0) is 19.7. The smallest absolute Gasteiger partial charge is 0.243 e. The zero-order valence-electron chi connectivity index (χ0n) is 16.0. The van der Waals surface area contributed by atoms with Gasteiger partial charge in [-0.1, -0.05) is 42.6 Å². The number of aliphatic imine (C=N–C) groups is 1. The number of rotatable bonds is 1. The van der Waals surface area contributed by atoms with Gasteiger partial charge in [-0.2, -0.15) is 0 Å². The monoisotopic (exact) mass is 407 g/mol. The number of carbonyl (C=O) groups excluding carboxylic acids is 1. The number of ether oxygens (including phenoxy) is 2. The van der Waals surface area contributed by atoms with Crippen molar-refractivity contribution in [1.82, 2.24) is 9.80 Å². The molecule has 5 aliphatic rings. The Morgan fingerprint density at radius 2 is 2.00 bits per heavy atom. The molecule has 0 N–H and O–H groups in total. The van der Waals surface area contributed by atoms with Gasteiger partial charge in [0.2, 0.25) is 12.7 Å². The fourth-order valence-electron chi connectivity index (χ4n) is 5.38. The molecule has 148 valence electrons. The normalized spacial score (nSPS) is 34.1. The van der Waals surface area contributed by atoms with Crippen molar-refractivity contribution < 1.29 is 14.3 Å². The fraction of sp³-hybridized carbons (Fsp3) is 0.409. The van der Waals surface area contributed by atoms with E-state index in [9.17, 15) is 4.79 Å². The summed E-state index contributed by atoms with van der Waals surface area (Å²) >= 11 is 5.78. The molecule has 0 spiro atoms. The van der Waals surface area contributed by atoms with Crippen molar-refractivity contribution in [2.45, 2.75) is 24.5 Å². The third-order valence-corrected chi connectivity index (χ3v) is 7.28. The molecule has 1 aromatic carbocycles. The Labute approximate surface area is 174 Å². The van der Waals surface area contributed by atoms with Crippen LogP contribution in [0.5, 0.6) is 11.5 Å². The van der Waals surface area contributed by atoms with Crippen LogP contribution in [0.2, 0.25) is 0 Å². The van der Waals surface area contributed by atoms with Gasteiger partial charge in [0.05, 0.1) is 24.7 Å². The highest BCUT2D eigenvalue weighted by molar-refractivity contribution is 7.80. The molecule has 1 aliphatic carbocycles. The van der Waals surface area contributed by atoms with Crippen molar-refractivity contribution in [1.29, 1.82) is 0 Å². The highest BCUT2D eigenvalue weighted by Crippen LogP contribution is 2.48. The Morgan fingerprint density at radius 1 is 1.17 bits per heavy atom. The minimum absolute atomic E-state index is 0.0892. The molecule has 0 saturated carbocycles. The van der Waals surface area contributed by atoms with Gasteiger partial charge in [0.25, 0.3) is 0 Å². The summed E-state index contributed by atoms with van der Waals surface area (Å²) in [5, 5.41) is 0. The number of fused-ring (bicyclic) bond motifs is 5. The van der Waals surface area contributed by atoms with Crippen LogP contribution in [0.25, 0.3) is 0 Å². The first-order valence-electron chi connectivity index (χ1n) is 10.00. The number of carbonyl (C=O) groups is 1. The molecule has 4 aliphatic heterocycles. The van der Waals surface area contributed by atoms with Crippen molar-refractivity contribution in [3.05, 3.63) is 48.1 Å². The minimum Gasteiger partial charge on any atom is -0.454 e. The second kappa shape index (κ2) is 6.16. The van der Waals surface area contributed by atoms with Gasteiger partial charge in [0.1, 0.15) is 4.99 Å². The van der Waals surface area contributed by atoms with E-state index in [1.54, 1.807) is 0 Å². The zero-order valence-corrected chi connectivity index (χ0v) is 16.8. The maximum absolute atomic E-state index is 13.2. The minimum atomic E-state index is -0.222. The standard InChI is InChI=1S/C22H21N3O3S/c1-24-10-19(26)25-16(22(24)29)9-14-13-4-2-3-5-15(13)23-20(14)21(25)12-6-7-17-18(8-12)28-11-27-17/h2-8,13-16,21H,9-11H2,1H3/t13?,14?,15?,16-,21-/m1/s1.